The van der Waals surface area contributed by atoms with E-state index in [0.717, 1.165) is 0 Å². The Bertz CT molecular complexity index is 439. The summed E-state index contributed by atoms with van der Waals surface area (Å²) in [5.41, 5.74) is 0. The van der Waals surface area contributed by atoms with Crippen LogP contribution in [0.4, 0.5) is 0 Å². The van der Waals surface area contributed by atoms with Crippen molar-refractivity contribution in [3.05, 3.63) is 0 Å². The molecule has 0 spiro atoms. The van der Waals surface area contributed by atoms with Gasteiger partial charge < -0.3 is 20.1 Å². The third-order valence-corrected chi connectivity index (χ3v) is 3.32. The third kappa shape index (κ3) is 13.0. The fraction of sp³-hybridized carbons (Fsp3) is 0.667. The summed E-state index contributed by atoms with van der Waals surface area (Å²) < 4.78 is 0. The maximum atomic E-state index is 11.2. The number of aliphatic carboxylic acids is 3. The van der Waals surface area contributed by atoms with Crippen LogP contribution in [-0.2, 0) is 24.0 Å². The van der Waals surface area contributed by atoms with E-state index in [1.807, 2.05) is 0 Å². The lowest BCUT2D eigenvalue weighted by Gasteiger charge is -2.27. The minimum absolute atomic E-state index is 0.0228. The summed E-state index contributed by atoms with van der Waals surface area (Å²) in [6, 6.07) is 0. The van der Waals surface area contributed by atoms with Gasteiger partial charge in [-0.15, -0.1) is 0 Å². The van der Waals surface area contributed by atoms with Crippen molar-refractivity contribution in [3.63, 3.8) is 0 Å². The maximum absolute atomic E-state index is 11.2. The average molecular weight is 375 g/mol. The largest absolute Gasteiger partial charge is 0.480 e. The van der Waals surface area contributed by atoms with Crippen LogP contribution in [0.25, 0.3) is 0 Å². The first-order valence-electron chi connectivity index (χ1n) is 7.89. The molecule has 0 aromatic rings. The smallest absolute Gasteiger partial charge is 0.317 e. The van der Waals surface area contributed by atoms with Gasteiger partial charge in [0.05, 0.1) is 32.7 Å². The first-order valence-corrected chi connectivity index (χ1v) is 7.89. The van der Waals surface area contributed by atoms with Crippen LogP contribution in [0.15, 0.2) is 0 Å². The van der Waals surface area contributed by atoms with Gasteiger partial charge in [0.1, 0.15) is 12.1 Å². The van der Waals surface area contributed by atoms with Gasteiger partial charge in [0.15, 0.2) is 0 Å². The zero-order valence-corrected chi connectivity index (χ0v) is 14.7. The van der Waals surface area contributed by atoms with E-state index in [2.05, 4.69) is 0 Å². The zero-order chi connectivity index (χ0) is 20.1. The van der Waals surface area contributed by atoms with Gasteiger partial charge in [-0.3, -0.25) is 33.9 Å². The molecule has 0 heterocycles. The molecule has 0 rings (SSSR count). The van der Waals surface area contributed by atoms with Gasteiger partial charge in [-0.25, -0.2) is 0 Å². The van der Waals surface area contributed by atoms with Crippen LogP contribution < -0.4 is 0 Å². The van der Waals surface area contributed by atoms with Crippen molar-refractivity contribution in [2.75, 3.05) is 58.9 Å². The van der Waals surface area contributed by atoms with Gasteiger partial charge in [-0.2, -0.15) is 0 Å². The standard InChI is InChI=1S/C15H25N3O8/c1-12(20)8-17(9-13(21)22)4-2-16(6-7-19)3-5-18(10-14(23)24)11-15(25)26/h7H,2-6,8-11H2,1H3,(H,21,22)(H,23,24)(H,25,26). The molecule has 0 saturated heterocycles. The monoisotopic (exact) mass is 375 g/mol. The van der Waals surface area contributed by atoms with Crippen molar-refractivity contribution in [1.82, 2.24) is 14.7 Å². The molecule has 26 heavy (non-hydrogen) atoms. The van der Waals surface area contributed by atoms with Crippen LogP contribution in [0, 0.1) is 0 Å². The van der Waals surface area contributed by atoms with Crippen molar-refractivity contribution in [3.8, 4) is 0 Å². The number of nitrogens with zero attached hydrogens (tertiary/aromatic N) is 3. The van der Waals surface area contributed by atoms with Crippen LogP contribution in [-0.4, -0.2) is 119 Å². The summed E-state index contributed by atoms with van der Waals surface area (Å²) in [7, 11) is 0. The zero-order valence-electron chi connectivity index (χ0n) is 14.7. The Morgan fingerprint density at radius 3 is 1.35 bits per heavy atom. The molecule has 0 unspecified atom stereocenters. The number of rotatable bonds is 16. The highest BCUT2D eigenvalue weighted by Gasteiger charge is 2.17. The van der Waals surface area contributed by atoms with Crippen LogP contribution >= 0.6 is 0 Å². The first kappa shape index (κ1) is 23.6. The Kier molecular flexibility index (Phi) is 11.7. The Morgan fingerprint density at radius 1 is 0.692 bits per heavy atom. The lowest BCUT2D eigenvalue weighted by atomic mass is 10.3. The van der Waals surface area contributed by atoms with E-state index in [0.29, 0.717) is 6.29 Å². The van der Waals surface area contributed by atoms with Gasteiger partial charge in [-0.05, 0) is 6.92 Å². The highest BCUT2D eigenvalue weighted by atomic mass is 16.4. The van der Waals surface area contributed by atoms with E-state index in [-0.39, 0.29) is 51.6 Å². The predicted octanol–water partition coefficient (Wildman–Crippen LogP) is -2.07. The Hall–Kier alpha value is -2.37. The maximum Gasteiger partial charge on any atom is 0.317 e. The molecule has 0 aromatic carbocycles. The molecular weight excluding hydrogens is 350 g/mol. The number of hydrogen-bond acceptors (Lipinski definition) is 8. The van der Waals surface area contributed by atoms with Crippen molar-refractivity contribution in [2.24, 2.45) is 0 Å². The number of carbonyl (C=O) groups is 5. The van der Waals surface area contributed by atoms with E-state index < -0.39 is 31.0 Å². The summed E-state index contributed by atoms with van der Waals surface area (Å²) in [4.78, 5) is 58.7. The van der Waals surface area contributed by atoms with Gasteiger partial charge in [0, 0.05) is 26.2 Å². The number of carboxylic acid groups (broad SMARTS) is 3. The minimum atomic E-state index is -1.16. The van der Waals surface area contributed by atoms with Gasteiger partial charge in [0.2, 0.25) is 0 Å². The Labute approximate surface area is 150 Å². The first-order chi connectivity index (χ1) is 12.1. The quantitative estimate of drug-likeness (QED) is 0.255. The third-order valence-electron chi connectivity index (χ3n) is 3.32. The molecule has 0 aliphatic heterocycles. The molecule has 0 amide bonds. The Balaban J connectivity index is 4.69. The molecule has 3 N–H and O–H groups in total. The molecule has 11 heteroatoms. The summed E-state index contributed by atoms with van der Waals surface area (Å²) in [5.74, 6) is -3.60. The highest BCUT2D eigenvalue weighted by Crippen LogP contribution is 1.96. The minimum Gasteiger partial charge on any atom is -0.480 e. The van der Waals surface area contributed by atoms with E-state index in [1.54, 1.807) is 4.90 Å². The lowest BCUT2D eigenvalue weighted by molar-refractivity contribution is -0.142. The predicted molar refractivity (Wildman–Crippen MR) is 89.0 cm³/mol. The fourth-order valence-corrected chi connectivity index (χ4v) is 2.28. The SMILES string of the molecule is CC(=O)CN(CCN(CC=O)CCN(CC(=O)O)CC(=O)O)CC(=O)O. The lowest BCUT2D eigenvalue weighted by Crippen LogP contribution is -2.44. The highest BCUT2D eigenvalue weighted by molar-refractivity contribution is 5.78. The molecule has 0 saturated carbocycles. The summed E-state index contributed by atoms with van der Waals surface area (Å²) >= 11 is 0. The molecule has 11 nitrogen and oxygen atoms in total. The van der Waals surface area contributed by atoms with Crippen LogP contribution in [0.2, 0.25) is 0 Å². The summed E-state index contributed by atoms with van der Waals surface area (Å²) in [5, 5.41) is 26.5. The average Bonchev–Trinajstić information content (AvgIpc) is 2.47. The molecule has 0 radical (unpaired) electrons. The van der Waals surface area contributed by atoms with Gasteiger partial charge in [-0.1, -0.05) is 0 Å². The van der Waals surface area contributed by atoms with Crippen molar-refractivity contribution >= 4 is 30.0 Å². The topological polar surface area (TPSA) is 156 Å². The number of aldehydes is 1. The van der Waals surface area contributed by atoms with E-state index in [1.165, 1.54) is 16.7 Å². The van der Waals surface area contributed by atoms with Crippen molar-refractivity contribution in [1.29, 1.82) is 0 Å². The fourth-order valence-electron chi connectivity index (χ4n) is 2.28. The van der Waals surface area contributed by atoms with E-state index in [4.69, 9.17) is 15.3 Å². The van der Waals surface area contributed by atoms with E-state index in [9.17, 15) is 24.0 Å². The molecule has 0 aliphatic carbocycles. The number of hydrogen-bond donors (Lipinski definition) is 3. The molecule has 148 valence electrons. The second kappa shape index (κ2) is 12.9. The molecule has 0 aliphatic rings. The molecular formula is C15H25N3O8. The second-order valence-corrected chi connectivity index (χ2v) is 5.77. The normalized spacial score (nSPS) is 11.1. The van der Waals surface area contributed by atoms with Crippen molar-refractivity contribution < 1.29 is 39.3 Å². The summed E-state index contributed by atoms with van der Waals surface area (Å²) in [6.45, 7) is 0.934. The molecule has 0 fully saturated rings. The van der Waals surface area contributed by atoms with Crippen molar-refractivity contribution in [2.45, 2.75) is 6.92 Å². The van der Waals surface area contributed by atoms with Crippen LogP contribution in [0.1, 0.15) is 6.92 Å². The second-order valence-electron chi connectivity index (χ2n) is 5.77. The number of carbonyl (C=O) groups excluding carboxylic acids is 2. The van der Waals surface area contributed by atoms with Gasteiger partial charge >= 0.3 is 17.9 Å². The molecule has 0 bridgehead atoms. The van der Waals surface area contributed by atoms with Crippen LogP contribution in [0.5, 0.6) is 0 Å². The molecule has 0 aromatic heterocycles. The summed E-state index contributed by atoms with van der Waals surface area (Å²) in [6.07, 6.45) is 0.644. The van der Waals surface area contributed by atoms with Crippen LogP contribution in [0.3, 0.4) is 0 Å². The number of Topliss-reactive ketones (excluding diaryl/α,β-unsaturated/α-hetero) is 1. The molecule has 0 atom stereocenters. The van der Waals surface area contributed by atoms with Gasteiger partial charge in [0.25, 0.3) is 0 Å². The number of carboxylic acids is 3. The van der Waals surface area contributed by atoms with E-state index >= 15 is 0 Å². The number of ketones is 1. The Morgan fingerprint density at radius 2 is 1.04 bits per heavy atom.